The predicted octanol–water partition coefficient (Wildman–Crippen LogP) is 3.63. The number of alkyl halides is 3. The van der Waals surface area contributed by atoms with Gasteiger partial charge in [0, 0.05) is 68.1 Å². The molecule has 0 amide bonds. The van der Waals surface area contributed by atoms with Crippen molar-refractivity contribution in [3.8, 4) is 11.1 Å². The Bertz CT molecular complexity index is 1040. The number of likely N-dealkylation sites (tertiary alicyclic amines) is 1. The van der Waals surface area contributed by atoms with Crippen LogP contribution in [0.1, 0.15) is 12.1 Å². The fourth-order valence-electron chi connectivity index (χ4n) is 3.60. The largest absolute Gasteiger partial charge is 0.390 e. The summed E-state index contributed by atoms with van der Waals surface area (Å²) in [6, 6.07) is 7.95. The van der Waals surface area contributed by atoms with E-state index in [0.29, 0.717) is 18.8 Å². The number of aryl methyl sites for hydroxylation is 1. The van der Waals surface area contributed by atoms with Gasteiger partial charge in [-0.15, -0.1) is 0 Å². The van der Waals surface area contributed by atoms with Gasteiger partial charge in [0.05, 0.1) is 12.6 Å². The second kappa shape index (κ2) is 7.59. The molecule has 1 aliphatic heterocycles. The van der Waals surface area contributed by atoms with Gasteiger partial charge >= 0.3 is 6.18 Å². The standard InChI is InChI=1S/C21H21F3N4O/c1-27-11-17(10-26-27)14-2-3-15-9-25-19(7-16(15)6-14)8-20(29)18-12-28(13-18)5-4-21(22,23)24/h2-3,6-7,9-11,18H,4-5,8,12-13H2,1H3. The molecule has 3 heterocycles. The molecule has 0 atom stereocenters. The topological polar surface area (TPSA) is 51.0 Å². The van der Waals surface area contributed by atoms with E-state index in [-0.39, 0.29) is 24.7 Å². The first kappa shape index (κ1) is 19.6. The highest BCUT2D eigenvalue weighted by atomic mass is 19.4. The molecule has 8 heteroatoms. The quantitative estimate of drug-likeness (QED) is 0.632. The Hall–Kier alpha value is -2.74. The lowest BCUT2D eigenvalue weighted by Crippen LogP contribution is -2.51. The fraction of sp³-hybridized carbons (Fsp3) is 0.381. The summed E-state index contributed by atoms with van der Waals surface area (Å²) in [4.78, 5) is 18.5. The number of benzene rings is 1. The number of pyridine rings is 1. The maximum Gasteiger partial charge on any atom is 0.390 e. The van der Waals surface area contributed by atoms with E-state index >= 15 is 0 Å². The van der Waals surface area contributed by atoms with E-state index in [1.165, 1.54) is 0 Å². The van der Waals surface area contributed by atoms with E-state index in [4.69, 9.17) is 0 Å². The first-order valence-corrected chi connectivity index (χ1v) is 9.46. The smallest absolute Gasteiger partial charge is 0.301 e. The summed E-state index contributed by atoms with van der Waals surface area (Å²) in [6.07, 6.45) is 0.701. The lowest BCUT2D eigenvalue weighted by molar-refractivity contribution is -0.143. The molecule has 1 aromatic carbocycles. The number of halogens is 3. The molecule has 0 spiro atoms. The van der Waals surface area contributed by atoms with Gasteiger partial charge in [-0.2, -0.15) is 18.3 Å². The van der Waals surface area contributed by atoms with Crippen molar-refractivity contribution in [1.29, 1.82) is 0 Å². The molecule has 0 bridgehead atoms. The highest BCUT2D eigenvalue weighted by molar-refractivity contribution is 5.89. The molecule has 152 valence electrons. The molecule has 29 heavy (non-hydrogen) atoms. The molecule has 0 unspecified atom stereocenters. The van der Waals surface area contributed by atoms with Crippen LogP contribution in [0.2, 0.25) is 0 Å². The molecule has 0 N–H and O–H groups in total. The van der Waals surface area contributed by atoms with E-state index in [1.807, 2.05) is 37.5 Å². The summed E-state index contributed by atoms with van der Waals surface area (Å²) in [5.41, 5.74) is 2.73. The summed E-state index contributed by atoms with van der Waals surface area (Å²) >= 11 is 0. The van der Waals surface area contributed by atoms with Crippen molar-refractivity contribution in [1.82, 2.24) is 19.7 Å². The Labute approximate surface area is 166 Å². The molecule has 0 saturated carbocycles. The molecule has 1 saturated heterocycles. The van der Waals surface area contributed by atoms with Crippen LogP contribution in [0.4, 0.5) is 13.2 Å². The molecule has 5 nitrogen and oxygen atoms in total. The van der Waals surface area contributed by atoms with Crippen molar-refractivity contribution in [2.75, 3.05) is 19.6 Å². The minimum Gasteiger partial charge on any atom is -0.301 e. The van der Waals surface area contributed by atoms with Gasteiger partial charge in [-0.25, -0.2) is 0 Å². The van der Waals surface area contributed by atoms with E-state index in [9.17, 15) is 18.0 Å². The highest BCUT2D eigenvalue weighted by Crippen LogP contribution is 2.26. The summed E-state index contributed by atoms with van der Waals surface area (Å²) < 4.78 is 38.6. The van der Waals surface area contributed by atoms with Crippen molar-refractivity contribution in [2.24, 2.45) is 13.0 Å². The Kier molecular flexibility index (Phi) is 5.12. The van der Waals surface area contributed by atoms with Crippen LogP contribution in [-0.4, -0.2) is 51.3 Å². The van der Waals surface area contributed by atoms with Gasteiger partial charge in [0.15, 0.2) is 0 Å². The number of fused-ring (bicyclic) bond motifs is 1. The van der Waals surface area contributed by atoms with E-state index in [2.05, 4.69) is 10.1 Å². The van der Waals surface area contributed by atoms with Gasteiger partial charge in [-0.05, 0) is 23.1 Å². The fourth-order valence-corrected chi connectivity index (χ4v) is 3.60. The zero-order valence-corrected chi connectivity index (χ0v) is 16.0. The highest BCUT2D eigenvalue weighted by Gasteiger charge is 2.35. The molecular weight excluding hydrogens is 381 g/mol. The number of hydrogen-bond donors (Lipinski definition) is 0. The normalized spacial score (nSPS) is 15.6. The number of rotatable bonds is 6. The van der Waals surface area contributed by atoms with Crippen LogP contribution in [-0.2, 0) is 18.3 Å². The third-order valence-corrected chi connectivity index (χ3v) is 5.30. The molecule has 1 aliphatic rings. The van der Waals surface area contributed by atoms with Crippen LogP contribution >= 0.6 is 0 Å². The number of ketones is 1. The second-order valence-electron chi connectivity index (χ2n) is 7.61. The van der Waals surface area contributed by atoms with Crippen LogP contribution in [0.25, 0.3) is 21.9 Å². The lowest BCUT2D eigenvalue weighted by atomic mass is 9.92. The maximum atomic E-state index is 12.5. The summed E-state index contributed by atoms with van der Waals surface area (Å²) in [5, 5.41) is 6.16. The Morgan fingerprint density at radius 2 is 1.93 bits per heavy atom. The van der Waals surface area contributed by atoms with Crippen LogP contribution in [0.15, 0.2) is 42.9 Å². The van der Waals surface area contributed by atoms with Crippen LogP contribution < -0.4 is 0 Å². The van der Waals surface area contributed by atoms with Gasteiger partial charge in [-0.3, -0.25) is 14.5 Å². The molecule has 0 aliphatic carbocycles. The molecule has 2 aromatic heterocycles. The number of nitrogens with zero attached hydrogens (tertiary/aromatic N) is 4. The lowest BCUT2D eigenvalue weighted by Gasteiger charge is -2.38. The average molecular weight is 402 g/mol. The Morgan fingerprint density at radius 1 is 1.14 bits per heavy atom. The zero-order chi connectivity index (χ0) is 20.6. The summed E-state index contributed by atoms with van der Waals surface area (Å²) in [6.45, 7) is 0.750. The zero-order valence-electron chi connectivity index (χ0n) is 16.0. The van der Waals surface area contributed by atoms with Crippen molar-refractivity contribution >= 4 is 16.6 Å². The monoisotopic (exact) mass is 402 g/mol. The van der Waals surface area contributed by atoms with E-state index < -0.39 is 12.6 Å². The first-order valence-electron chi connectivity index (χ1n) is 9.46. The number of carbonyl (C=O) groups is 1. The second-order valence-corrected chi connectivity index (χ2v) is 7.61. The molecule has 3 aromatic rings. The Balaban J connectivity index is 1.40. The van der Waals surface area contributed by atoms with Crippen molar-refractivity contribution in [2.45, 2.75) is 19.0 Å². The molecule has 0 radical (unpaired) electrons. The minimum absolute atomic E-state index is 0.0310. The van der Waals surface area contributed by atoms with Gasteiger partial charge in [0.1, 0.15) is 5.78 Å². The predicted molar refractivity (Wildman–Crippen MR) is 103 cm³/mol. The summed E-state index contributed by atoms with van der Waals surface area (Å²) in [7, 11) is 1.86. The summed E-state index contributed by atoms with van der Waals surface area (Å²) in [5.74, 6) is -0.175. The SMILES string of the molecule is Cn1cc(-c2ccc3cnc(CC(=O)C4CN(CCC(F)(F)F)C4)cc3c2)cn1. The van der Waals surface area contributed by atoms with Crippen LogP contribution in [0.3, 0.4) is 0 Å². The number of Topliss-reactive ketones (excluding diaryl/α,β-unsaturated/α-hetero) is 1. The third kappa shape index (κ3) is 4.64. The first-order chi connectivity index (χ1) is 13.8. The number of carbonyl (C=O) groups excluding carboxylic acids is 1. The van der Waals surface area contributed by atoms with Crippen molar-refractivity contribution < 1.29 is 18.0 Å². The van der Waals surface area contributed by atoms with Crippen LogP contribution in [0, 0.1) is 5.92 Å². The average Bonchev–Trinajstić information content (AvgIpc) is 3.05. The number of hydrogen-bond acceptors (Lipinski definition) is 4. The van der Waals surface area contributed by atoms with Crippen molar-refractivity contribution in [3.05, 3.63) is 48.5 Å². The van der Waals surface area contributed by atoms with Crippen molar-refractivity contribution in [3.63, 3.8) is 0 Å². The molecule has 4 rings (SSSR count). The van der Waals surface area contributed by atoms with E-state index in [0.717, 1.165) is 21.9 Å². The van der Waals surface area contributed by atoms with Gasteiger partial charge in [0.2, 0.25) is 0 Å². The van der Waals surface area contributed by atoms with Gasteiger partial charge in [0.25, 0.3) is 0 Å². The van der Waals surface area contributed by atoms with Gasteiger partial charge < -0.3 is 4.90 Å². The maximum absolute atomic E-state index is 12.5. The third-order valence-electron chi connectivity index (χ3n) is 5.30. The Morgan fingerprint density at radius 3 is 2.62 bits per heavy atom. The minimum atomic E-state index is -4.15. The van der Waals surface area contributed by atoms with Crippen LogP contribution in [0.5, 0.6) is 0 Å². The number of aromatic nitrogens is 3. The molecule has 1 fully saturated rings. The molecular formula is C21H21F3N4O. The van der Waals surface area contributed by atoms with E-state index in [1.54, 1.807) is 22.0 Å². The van der Waals surface area contributed by atoms with Gasteiger partial charge in [-0.1, -0.05) is 12.1 Å².